The number of hydrogen-bond acceptors (Lipinski definition) is 3. The summed E-state index contributed by atoms with van der Waals surface area (Å²) >= 11 is 1.82. The van der Waals surface area contributed by atoms with Crippen LogP contribution in [-0.2, 0) is 13.5 Å². The van der Waals surface area contributed by atoms with Crippen LogP contribution in [0.2, 0.25) is 0 Å². The number of aromatic nitrogens is 2. The van der Waals surface area contributed by atoms with E-state index >= 15 is 0 Å². The Hall–Kier alpha value is -1.26. The summed E-state index contributed by atoms with van der Waals surface area (Å²) in [5.74, 6) is 0. The second-order valence-electron chi connectivity index (χ2n) is 4.84. The van der Waals surface area contributed by atoms with Crippen LogP contribution in [-0.4, -0.2) is 22.6 Å². The summed E-state index contributed by atoms with van der Waals surface area (Å²) in [6.45, 7) is 3.15. The van der Waals surface area contributed by atoms with Gasteiger partial charge in [0.1, 0.15) is 0 Å². The van der Waals surface area contributed by atoms with Crippen molar-refractivity contribution in [2.75, 3.05) is 12.8 Å². The van der Waals surface area contributed by atoms with Gasteiger partial charge in [0.25, 0.3) is 0 Å². The van der Waals surface area contributed by atoms with Crippen molar-refractivity contribution in [1.82, 2.24) is 15.1 Å². The molecule has 2 aromatic rings. The Labute approximate surface area is 125 Å². The van der Waals surface area contributed by atoms with Crippen LogP contribution in [0.15, 0.2) is 41.4 Å². The molecule has 0 amide bonds. The van der Waals surface area contributed by atoms with Gasteiger partial charge in [0.15, 0.2) is 0 Å². The third kappa shape index (κ3) is 3.64. The smallest absolute Gasteiger partial charge is 0.0492 e. The lowest BCUT2D eigenvalue weighted by atomic mass is 10.0. The van der Waals surface area contributed by atoms with E-state index in [1.54, 1.807) is 0 Å². The largest absolute Gasteiger partial charge is 0.310 e. The molecule has 0 radical (unpaired) electrons. The topological polar surface area (TPSA) is 29.9 Å². The molecule has 0 aliphatic rings. The number of benzene rings is 1. The number of nitrogens with one attached hydrogen (secondary N) is 1. The summed E-state index contributed by atoms with van der Waals surface area (Å²) in [6, 6.07) is 11.2. The van der Waals surface area contributed by atoms with Crippen molar-refractivity contribution in [1.29, 1.82) is 0 Å². The Balaban J connectivity index is 2.12. The zero-order chi connectivity index (χ0) is 14.4. The molecule has 4 heteroatoms. The summed E-state index contributed by atoms with van der Waals surface area (Å²) in [4.78, 5) is 1.36. The minimum atomic E-state index is 0.401. The maximum atomic E-state index is 4.24. The first-order valence-electron chi connectivity index (χ1n) is 7.09. The van der Waals surface area contributed by atoms with Gasteiger partial charge in [-0.05, 0) is 43.3 Å². The second-order valence-corrected chi connectivity index (χ2v) is 5.69. The highest BCUT2D eigenvalue weighted by atomic mass is 32.2. The molecule has 2 rings (SSSR count). The Morgan fingerprint density at radius 2 is 2.10 bits per heavy atom. The van der Waals surface area contributed by atoms with Crippen LogP contribution in [0.3, 0.4) is 0 Å². The molecule has 1 atom stereocenters. The maximum absolute atomic E-state index is 4.24. The van der Waals surface area contributed by atoms with Crippen molar-refractivity contribution >= 4 is 11.8 Å². The first kappa shape index (κ1) is 15.1. The normalized spacial score (nSPS) is 12.6. The van der Waals surface area contributed by atoms with E-state index in [2.05, 4.69) is 53.9 Å². The van der Waals surface area contributed by atoms with Crippen molar-refractivity contribution in [3.63, 3.8) is 0 Å². The van der Waals surface area contributed by atoms with E-state index in [0.29, 0.717) is 6.04 Å². The number of nitrogens with zero attached hydrogens (tertiary/aromatic N) is 2. The van der Waals surface area contributed by atoms with Crippen LogP contribution >= 0.6 is 11.8 Å². The molecule has 20 heavy (non-hydrogen) atoms. The molecule has 1 N–H and O–H groups in total. The standard InChI is InChI=1S/C16H23N3S/c1-4-17-15(10-9-13-11-12-18-19(13)2)14-7-5-6-8-16(14)20-3/h5-8,11-12,15,17H,4,9-10H2,1-3H3. The van der Waals surface area contributed by atoms with E-state index in [9.17, 15) is 0 Å². The lowest BCUT2D eigenvalue weighted by Crippen LogP contribution is -2.22. The lowest BCUT2D eigenvalue weighted by molar-refractivity contribution is 0.500. The van der Waals surface area contributed by atoms with Crippen LogP contribution in [0.5, 0.6) is 0 Å². The van der Waals surface area contributed by atoms with Gasteiger partial charge in [-0.15, -0.1) is 11.8 Å². The van der Waals surface area contributed by atoms with Crippen LogP contribution < -0.4 is 5.32 Å². The predicted molar refractivity (Wildman–Crippen MR) is 86.2 cm³/mol. The van der Waals surface area contributed by atoms with E-state index < -0.39 is 0 Å². The molecule has 0 aliphatic heterocycles. The highest BCUT2D eigenvalue weighted by molar-refractivity contribution is 7.98. The number of rotatable bonds is 7. The SMILES string of the molecule is CCNC(CCc1ccnn1C)c1ccccc1SC. The minimum absolute atomic E-state index is 0.401. The summed E-state index contributed by atoms with van der Waals surface area (Å²) in [5, 5.41) is 7.85. The van der Waals surface area contributed by atoms with E-state index in [-0.39, 0.29) is 0 Å². The van der Waals surface area contributed by atoms with Gasteiger partial charge >= 0.3 is 0 Å². The van der Waals surface area contributed by atoms with E-state index in [4.69, 9.17) is 0 Å². The summed E-state index contributed by atoms with van der Waals surface area (Å²) in [5.41, 5.74) is 2.69. The number of aryl methyl sites for hydroxylation is 2. The fraction of sp³-hybridized carbons (Fsp3) is 0.438. The molecule has 0 aliphatic carbocycles. The molecular formula is C16H23N3S. The number of hydrogen-bond donors (Lipinski definition) is 1. The van der Waals surface area contributed by atoms with Crippen LogP contribution in [0.4, 0.5) is 0 Å². The second kappa shape index (κ2) is 7.50. The fourth-order valence-corrected chi connectivity index (χ4v) is 3.17. The average molecular weight is 289 g/mol. The van der Waals surface area contributed by atoms with Crippen molar-refractivity contribution < 1.29 is 0 Å². The zero-order valence-corrected chi connectivity index (χ0v) is 13.3. The van der Waals surface area contributed by atoms with Crippen LogP contribution in [0, 0.1) is 0 Å². The van der Waals surface area contributed by atoms with Crippen molar-refractivity contribution in [3.05, 3.63) is 47.8 Å². The molecule has 0 fully saturated rings. The van der Waals surface area contributed by atoms with Gasteiger partial charge in [0.2, 0.25) is 0 Å². The highest BCUT2D eigenvalue weighted by Gasteiger charge is 2.14. The Bertz CT molecular complexity index is 536. The van der Waals surface area contributed by atoms with E-state index in [1.165, 1.54) is 16.2 Å². The van der Waals surface area contributed by atoms with Gasteiger partial charge in [0, 0.05) is 29.9 Å². The number of thioether (sulfide) groups is 1. The zero-order valence-electron chi connectivity index (χ0n) is 12.5. The van der Waals surface area contributed by atoms with Gasteiger partial charge in [0.05, 0.1) is 0 Å². The molecule has 0 bridgehead atoms. The van der Waals surface area contributed by atoms with E-state index in [1.807, 2.05) is 29.7 Å². The van der Waals surface area contributed by atoms with Crippen molar-refractivity contribution in [3.8, 4) is 0 Å². The third-order valence-electron chi connectivity index (χ3n) is 3.58. The van der Waals surface area contributed by atoms with Gasteiger partial charge in [-0.2, -0.15) is 5.10 Å². The predicted octanol–water partition coefficient (Wildman–Crippen LogP) is 3.43. The third-order valence-corrected chi connectivity index (χ3v) is 4.39. The molecule has 0 saturated heterocycles. The lowest BCUT2D eigenvalue weighted by Gasteiger charge is -2.20. The quantitative estimate of drug-likeness (QED) is 0.792. The average Bonchev–Trinajstić information content (AvgIpc) is 2.89. The molecule has 3 nitrogen and oxygen atoms in total. The molecule has 0 spiro atoms. The summed E-state index contributed by atoms with van der Waals surface area (Å²) < 4.78 is 1.96. The Kier molecular flexibility index (Phi) is 5.68. The molecular weight excluding hydrogens is 266 g/mol. The molecule has 108 valence electrons. The summed E-state index contributed by atoms with van der Waals surface area (Å²) in [6.07, 6.45) is 6.14. The molecule has 0 saturated carbocycles. The molecule has 1 aromatic heterocycles. The first-order valence-corrected chi connectivity index (χ1v) is 8.32. The molecule has 1 aromatic carbocycles. The monoisotopic (exact) mass is 289 g/mol. The van der Waals surface area contributed by atoms with Crippen LogP contribution in [0.1, 0.15) is 30.6 Å². The van der Waals surface area contributed by atoms with E-state index in [0.717, 1.165) is 19.4 Å². The highest BCUT2D eigenvalue weighted by Crippen LogP contribution is 2.28. The Morgan fingerprint density at radius 1 is 1.30 bits per heavy atom. The van der Waals surface area contributed by atoms with Crippen molar-refractivity contribution in [2.45, 2.75) is 30.7 Å². The Morgan fingerprint density at radius 3 is 2.75 bits per heavy atom. The molecule has 1 heterocycles. The van der Waals surface area contributed by atoms with Gasteiger partial charge < -0.3 is 5.32 Å². The van der Waals surface area contributed by atoms with Crippen molar-refractivity contribution in [2.24, 2.45) is 7.05 Å². The maximum Gasteiger partial charge on any atom is 0.0492 e. The van der Waals surface area contributed by atoms with Gasteiger partial charge in [-0.25, -0.2) is 0 Å². The fourth-order valence-electron chi connectivity index (χ4n) is 2.51. The molecule has 1 unspecified atom stereocenters. The van der Waals surface area contributed by atoms with Crippen LogP contribution in [0.25, 0.3) is 0 Å². The first-order chi connectivity index (χ1) is 9.76. The van der Waals surface area contributed by atoms with Gasteiger partial charge in [-0.3, -0.25) is 4.68 Å². The summed E-state index contributed by atoms with van der Waals surface area (Å²) in [7, 11) is 2.01. The minimum Gasteiger partial charge on any atom is -0.310 e. The van der Waals surface area contributed by atoms with Gasteiger partial charge in [-0.1, -0.05) is 25.1 Å².